The Hall–Kier alpha value is -0.880. The molecule has 1 atom stereocenters. The number of carboxylic acid groups (broad SMARTS) is 1. The maximum Gasteiger partial charge on any atom is 0.353 e. The van der Waals surface area contributed by atoms with Crippen LogP contribution in [0.1, 0.15) is 13.8 Å². The molecule has 6 heteroatoms. The molecule has 4 nitrogen and oxygen atoms in total. The molecule has 1 heterocycles. The molecule has 0 radical (unpaired) electrons. The van der Waals surface area contributed by atoms with E-state index in [1.165, 1.54) is 22.1 Å². The summed E-state index contributed by atoms with van der Waals surface area (Å²) in [7, 11) is 0. The molecule has 1 N–H and O–H groups in total. The molecule has 0 fully saturated rings. The molecule has 0 aromatic carbocycles. The van der Waals surface area contributed by atoms with Gasteiger partial charge < -0.3 is 5.11 Å². The molecule has 0 aromatic rings. The Bertz CT molecular complexity index is 376. The van der Waals surface area contributed by atoms with Crippen LogP contribution in [-0.2, 0) is 9.59 Å². The topological polar surface area (TPSA) is 57.6 Å². The summed E-state index contributed by atoms with van der Waals surface area (Å²) in [6.07, 6.45) is 0. The number of thiol groups is 1. The van der Waals surface area contributed by atoms with Crippen molar-refractivity contribution in [1.29, 1.82) is 0 Å². The quantitative estimate of drug-likeness (QED) is 0.760. The van der Waals surface area contributed by atoms with E-state index in [4.69, 9.17) is 5.11 Å². The van der Waals surface area contributed by atoms with Gasteiger partial charge in [-0.05, 0) is 12.3 Å². The molecular formula is C10H13NO3S2. The van der Waals surface area contributed by atoms with Crippen molar-refractivity contribution in [1.82, 2.24) is 4.90 Å². The van der Waals surface area contributed by atoms with Gasteiger partial charge in [0.1, 0.15) is 5.70 Å². The van der Waals surface area contributed by atoms with E-state index in [1.54, 1.807) is 19.3 Å². The van der Waals surface area contributed by atoms with E-state index in [9.17, 15) is 9.59 Å². The van der Waals surface area contributed by atoms with Gasteiger partial charge in [0.2, 0.25) is 5.91 Å². The Morgan fingerprint density at radius 2 is 2.19 bits per heavy atom. The minimum Gasteiger partial charge on any atom is -0.477 e. The highest BCUT2D eigenvalue weighted by molar-refractivity contribution is 8.05. The minimum atomic E-state index is -1.10. The van der Waals surface area contributed by atoms with Gasteiger partial charge in [-0.15, -0.1) is 11.8 Å². The maximum absolute atomic E-state index is 12.0. The summed E-state index contributed by atoms with van der Waals surface area (Å²) in [4.78, 5) is 24.2. The van der Waals surface area contributed by atoms with Crippen molar-refractivity contribution in [3.05, 3.63) is 22.2 Å². The Balaban J connectivity index is 3.01. The molecule has 0 spiro atoms. The average molecular weight is 259 g/mol. The molecule has 16 heavy (non-hydrogen) atoms. The van der Waals surface area contributed by atoms with Gasteiger partial charge in [0.25, 0.3) is 0 Å². The number of carbonyl (C=O) groups is 2. The van der Waals surface area contributed by atoms with Crippen molar-refractivity contribution in [2.75, 3.05) is 5.75 Å². The number of hydrogen-bond acceptors (Lipinski definition) is 4. The number of carboxylic acids is 1. The molecule has 1 aliphatic heterocycles. The molecule has 0 aromatic heterocycles. The standard InChI is InChI=1S/C10H13NO3S2/c1-6(3-15)9(12)11-7(2)4-16-5-8(11)10(13)14/h4-6,15H,3H2,1-2H3,(H,13,14). The Labute approximate surface area is 104 Å². The molecule has 0 saturated heterocycles. The lowest BCUT2D eigenvalue weighted by molar-refractivity contribution is -0.139. The third-order valence-electron chi connectivity index (χ3n) is 2.15. The molecule has 0 aliphatic carbocycles. The van der Waals surface area contributed by atoms with Crippen molar-refractivity contribution in [2.24, 2.45) is 5.92 Å². The number of allylic oxidation sites excluding steroid dienone is 1. The zero-order chi connectivity index (χ0) is 12.3. The lowest BCUT2D eigenvalue weighted by Crippen LogP contribution is -2.37. The number of hydrogen-bond donors (Lipinski definition) is 2. The predicted octanol–water partition coefficient (Wildman–Crippen LogP) is 1.92. The van der Waals surface area contributed by atoms with Crippen LogP contribution in [0, 0.1) is 5.92 Å². The zero-order valence-electron chi connectivity index (χ0n) is 9.01. The Morgan fingerprint density at radius 1 is 1.56 bits per heavy atom. The maximum atomic E-state index is 12.0. The van der Waals surface area contributed by atoms with Crippen LogP contribution in [0.3, 0.4) is 0 Å². The van der Waals surface area contributed by atoms with Gasteiger partial charge in [0.15, 0.2) is 0 Å². The summed E-state index contributed by atoms with van der Waals surface area (Å²) in [5, 5.41) is 12.2. The first-order chi connectivity index (χ1) is 7.49. The minimum absolute atomic E-state index is 0.00336. The van der Waals surface area contributed by atoms with Gasteiger partial charge in [0.05, 0.1) is 0 Å². The van der Waals surface area contributed by atoms with E-state index in [0.717, 1.165) is 0 Å². The van der Waals surface area contributed by atoms with E-state index >= 15 is 0 Å². The van der Waals surface area contributed by atoms with Crippen LogP contribution in [0.2, 0.25) is 0 Å². The van der Waals surface area contributed by atoms with Crippen molar-refractivity contribution >= 4 is 36.3 Å². The van der Waals surface area contributed by atoms with Crippen LogP contribution < -0.4 is 0 Å². The van der Waals surface area contributed by atoms with E-state index in [2.05, 4.69) is 12.6 Å². The van der Waals surface area contributed by atoms with Gasteiger partial charge in [0, 0.05) is 22.8 Å². The largest absolute Gasteiger partial charge is 0.477 e. The summed E-state index contributed by atoms with van der Waals surface area (Å²) >= 11 is 5.31. The van der Waals surface area contributed by atoms with Crippen LogP contribution in [0.4, 0.5) is 0 Å². The van der Waals surface area contributed by atoms with Crippen LogP contribution in [-0.4, -0.2) is 27.6 Å². The molecule has 1 aliphatic rings. The van der Waals surface area contributed by atoms with Crippen molar-refractivity contribution < 1.29 is 14.7 Å². The lowest BCUT2D eigenvalue weighted by Gasteiger charge is -2.28. The molecule has 88 valence electrons. The molecule has 1 amide bonds. The van der Waals surface area contributed by atoms with E-state index in [-0.39, 0.29) is 17.5 Å². The molecule has 0 saturated carbocycles. The lowest BCUT2D eigenvalue weighted by atomic mass is 10.1. The Kier molecular flexibility index (Phi) is 4.49. The fraction of sp³-hybridized carbons (Fsp3) is 0.400. The number of carbonyl (C=O) groups excluding carboxylic acids is 1. The van der Waals surface area contributed by atoms with Crippen molar-refractivity contribution in [3.8, 4) is 0 Å². The molecular weight excluding hydrogens is 246 g/mol. The first-order valence-corrected chi connectivity index (χ1v) is 6.27. The second-order valence-electron chi connectivity index (χ2n) is 3.46. The molecule has 1 unspecified atom stereocenters. The van der Waals surface area contributed by atoms with E-state index in [0.29, 0.717) is 11.4 Å². The summed E-state index contributed by atoms with van der Waals surface area (Å²) in [5.41, 5.74) is 0.632. The summed E-state index contributed by atoms with van der Waals surface area (Å²) in [6, 6.07) is 0. The first-order valence-electron chi connectivity index (χ1n) is 4.69. The summed E-state index contributed by atoms with van der Waals surface area (Å²) in [6.45, 7) is 3.44. The second kappa shape index (κ2) is 5.45. The SMILES string of the molecule is CC1=CSC=C(C(=O)O)N1C(=O)C(C)CS. The monoisotopic (exact) mass is 259 g/mol. The number of nitrogens with zero attached hydrogens (tertiary/aromatic N) is 1. The highest BCUT2D eigenvalue weighted by Crippen LogP contribution is 2.27. The number of thioether (sulfide) groups is 1. The summed E-state index contributed by atoms with van der Waals surface area (Å²) < 4.78 is 0. The fourth-order valence-electron chi connectivity index (χ4n) is 1.23. The van der Waals surface area contributed by atoms with Gasteiger partial charge in [-0.25, -0.2) is 4.79 Å². The van der Waals surface area contributed by atoms with Gasteiger partial charge >= 0.3 is 5.97 Å². The van der Waals surface area contributed by atoms with Crippen molar-refractivity contribution in [3.63, 3.8) is 0 Å². The van der Waals surface area contributed by atoms with E-state index < -0.39 is 5.97 Å². The van der Waals surface area contributed by atoms with Crippen LogP contribution >= 0.6 is 24.4 Å². The Morgan fingerprint density at radius 3 is 2.69 bits per heavy atom. The smallest absolute Gasteiger partial charge is 0.353 e. The van der Waals surface area contributed by atoms with Gasteiger partial charge in [-0.2, -0.15) is 12.6 Å². The zero-order valence-corrected chi connectivity index (χ0v) is 10.7. The fourth-order valence-corrected chi connectivity index (χ4v) is 2.09. The van der Waals surface area contributed by atoms with Crippen LogP contribution in [0.5, 0.6) is 0 Å². The number of amides is 1. The molecule has 1 rings (SSSR count). The van der Waals surface area contributed by atoms with Crippen molar-refractivity contribution in [2.45, 2.75) is 13.8 Å². The van der Waals surface area contributed by atoms with E-state index in [1.807, 2.05) is 0 Å². The highest BCUT2D eigenvalue weighted by Gasteiger charge is 2.29. The normalized spacial score (nSPS) is 17.6. The van der Waals surface area contributed by atoms with Crippen LogP contribution in [0.15, 0.2) is 22.2 Å². The average Bonchev–Trinajstić information content (AvgIpc) is 2.26. The van der Waals surface area contributed by atoms with Gasteiger partial charge in [-0.3, -0.25) is 9.69 Å². The van der Waals surface area contributed by atoms with Gasteiger partial charge in [-0.1, -0.05) is 6.92 Å². The highest BCUT2D eigenvalue weighted by atomic mass is 32.2. The third kappa shape index (κ3) is 2.62. The third-order valence-corrected chi connectivity index (χ3v) is 3.53. The first kappa shape index (κ1) is 13.2. The number of rotatable bonds is 3. The second-order valence-corrected chi connectivity index (χ2v) is 4.57. The molecule has 0 bridgehead atoms. The van der Waals surface area contributed by atoms with Crippen LogP contribution in [0.25, 0.3) is 0 Å². The predicted molar refractivity (Wildman–Crippen MR) is 66.9 cm³/mol. The summed E-state index contributed by atoms with van der Waals surface area (Å²) in [5.74, 6) is -1.25. The number of aliphatic carboxylic acids is 1.